The van der Waals surface area contributed by atoms with E-state index < -0.39 is 0 Å². The van der Waals surface area contributed by atoms with Gasteiger partial charge in [-0.2, -0.15) is 0 Å². The van der Waals surface area contributed by atoms with E-state index in [0.29, 0.717) is 17.9 Å². The highest BCUT2D eigenvalue weighted by Crippen LogP contribution is 2.26. The zero-order valence-electron chi connectivity index (χ0n) is 15.3. The Morgan fingerprint density at radius 1 is 0.966 bits per heavy atom. The molecule has 1 saturated heterocycles. The molecule has 0 spiro atoms. The van der Waals surface area contributed by atoms with Crippen molar-refractivity contribution in [3.05, 3.63) is 84.1 Å². The molecule has 0 saturated carbocycles. The van der Waals surface area contributed by atoms with Crippen LogP contribution in [0.3, 0.4) is 0 Å². The predicted octanol–water partition coefficient (Wildman–Crippen LogP) is 3.07. The maximum Gasteiger partial charge on any atom is 0.291 e. The van der Waals surface area contributed by atoms with Crippen LogP contribution in [0.5, 0.6) is 0 Å². The number of hydrogen-bond donors (Lipinski definition) is 4. The quantitative estimate of drug-likeness (QED) is 0.534. The average molecular weight is 394 g/mol. The van der Waals surface area contributed by atoms with Crippen LogP contribution >= 0.6 is 0 Å². The van der Waals surface area contributed by atoms with E-state index in [1.165, 1.54) is 18.4 Å². The van der Waals surface area contributed by atoms with Crippen LogP contribution in [-0.4, -0.2) is 18.4 Å². The molecule has 1 aliphatic heterocycles. The Balaban J connectivity index is 1.39. The van der Waals surface area contributed by atoms with Gasteiger partial charge in [0.05, 0.1) is 18.2 Å². The molecule has 7 nitrogen and oxygen atoms in total. The van der Waals surface area contributed by atoms with E-state index in [0.717, 1.165) is 5.56 Å². The number of hydrogen-bond acceptors (Lipinski definition) is 5. The lowest BCUT2D eigenvalue weighted by molar-refractivity contribution is -0.119. The van der Waals surface area contributed by atoms with Gasteiger partial charge in [-0.1, -0.05) is 12.1 Å². The average Bonchev–Trinajstić information content (AvgIpc) is 3.42. The van der Waals surface area contributed by atoms with Gasteiger partial charge in [0.15, 0.2) is 5.76 Å². The van der Waals surface area contributed by atoms with Crippen molar-refractivity contribution in [2.75, 3.05) is 17.2 Å². The molecule has 4 rings (SSSR count). The molecule has 1 aliphatic rings. The van der Waals surface area contributed by atoms with Crippen LogP contribution in [0.25, 0.3) is 0 Å². The summed E-state index contributed by atoms with van der Waals surface area (Å²) in [6, 6.07) is 15.8. The maximum atomic E-state index is 13.2. The van der Waals surface area contributed by atoms with Gasteiger partial charge in [0.2, 0.25) is 5.91 Å². The van der Waals surface area contributed by atoms with E-state index in [1.54, 1.807) is 48.5 Å². The first-order valence-electron chi connectivity index (χ1n) is 9.10. The topological polar surface area (TPSA) is 95.4 Å². The van der Waals surface area contributed by atoms with Gasteiger partial charge < -0.3 is 15.1 Å². The number of hydrazine groups is 1. The van der Waals surface area contributed by atoms with Crippen molar-refractivity contribution in [2.24, 2.45) is 5.92 Å². The molecule has 3 aromatic rings. The Hall–Kier alpha value is -3.49. The predicted molar refractivity (Wildman–Crippen MR) is 106 cm³/mol. The summed E-state index contributed by atoms with van der Waals surface area (Å²) in [7, 11) is 0. The summed E-state index contributed by atoms with van der Waals surface area (Å²) in [5.41, 5.74) is 8.06. The molecule has 4 N–H and O–H groups in total. The summed E-state index contributed by atoms with van der Waals surface area (Å²) >= 11 is 0. The van der Waals surface area contributed by atoms with Gasteiger partial charge in [-0.05, 0) is 54.1 Å². The molecule has 1 fully saturated rings. The Bertz CT molecular complexity index is 988. The van der Waals surface area contributed by atoms with Crippen molar-refractivity contribution in [3.8, 4) is 0 Å². The van der Waals surface area contributed by atoms with Crippen molar-refractivity contribution in [1.82, 2.24) is 10.9 Å². The van der Waals surface area contributed by atoms with Gasteiger partial charge in [0.1, 0.15) is 5.82 Å². The fourth-order valence-electron chi connectivity index (χ4n) is 3.20. The number of furan rings is 1. The fourth-order valence-corrected chi connectivity index (χ4v) is 3.20. The molecule has 148 valence electrons. The first-order chi connectivity index (χ1) is 14.1. The van der Waals surface area contributed by atoms with Gasteiger partial charge in [0.25, 0.3) is 5.91 Å². The molecule has 29 heavy (non-hydrogen) atoms. The second-order valence-electron chi connectivity index (χ2n) is 6.66. The minimum Gasteiger partial charge on any atom is -0.459 e. The number of nitrogens with one attached hydrogen (secondary N) is 4. The van der Waals surface area contributed by atoms with Gasteiger partial charge in [-0.15, -0.1) is 0 Å². The summed E-state index contributed by atoms with van der Waals surface area (Å²) in [6.07, 6.45) is 1.43. The molecule has 2 heterocycles. The molecular weight excluding hydrogens is 375 g/mol. The summed E-state index contributed by atoms with van der Waals surface area (Å²) in [4.78, 5) is 24.7. The second kappa shape index (κ2) is 8.26. The minimum atomic E-state index is -0.362. The molecule has 2 amide bonds. The van der Waals surface area contributed by atoms with E-state index in [1.807, 2.05) is 0 Å². The van der Waals surface area contributed by atoms with Crippen LogP contribution < -0.4 is 21.5 Å². The van der Waals surface area contributed by atoms with Crippen molar-refractivity contribution in [2.45, 2.75) is 6.04 Å². The SMILES string of the molecule is O=C(Nc1ccc(NC(=O)C2CNNC2c2ccc(F)cc2)cc1)c1ccco1. The lowest BCUT2D eigenvalue weighted by Crippen LogP contribution is -2.29. The highest BCUT2D eigenvalue weighted by Gasteiger charge is 2.34. The van der Waals surface area contributed by atoms with Crippen molar-refractivity contribution >= 4 is 23.2 Å². The van der Waals surface area contributed by atoms with Crippen molar-refractivity contribution < 1.29 is 18.4 Å². The normalized spacial score (nSPS) is 18.4. The van der Waals surface area contributed by atoms with E-state index in [-0.39, 0.29) is 35.4 Å². The highest BCUT2D eigenvalue weighted by atomic mass is 19.1. The third-order valence-electron chi connectivity index (χ3n) is 4.70. The molecule has 2 atom stereocenters. The zero-order chi connectivity index (χ0) is 20.2. The van der Waals surface area contributed by atoms with Crippen molar-refractivity contribution in [3.63, 3.8) is 0 Å². The molecule has 0 radical (unpaired) electrons. The lowest BCUT2D eigenvalue weighted by atomic mass is 9.94. The molecule has 0 aliphatic carbocycles. The van der Waals surface area contributed by atoms with Gasteiger partial charge in [-0.25, -0.2) is 9.82 Å². The third-order valence-corrected chi connectivity index (χ3v) is 4.70. The maximum absolute atomic E-state index is 13.2. The van der Waals surface area contributed by atoms with Crippen LogP contribution in [0.15, 0.2) is 71.3 Å². The first kappa shape index (κ1) is 18.9. The molecule has 2 aromatic carbocycles. The van der Waals surface area contributed by atoms with Crippen LogP contribution in [-0.2, 0) is 4.79 Å². The first-order valence-corrected chi connectivity index (χ1v) is 9.10. The number of halogens is 1. The van der Waals surface area contributed by atoms with Crippen LogP contribution in [0.1, 0.15) is 22.2 Å². The largest absolute Gasteiger partial charge is 0.459 e. The Morgan fingerprint density at radius 3 is 2.31 bits per heavy atom. The number of anilines is 2. The molecule has 1 aromatic heterocycles. The summed E-state index contributed by atoms with van der Waals surface area (Å²) in [6.45, 7) is 0.450. The monoisotopic (exact) mass is 394 g/mol. The standard InChI is InChI=1S/C21H19FN4O3/c22-14-5-3-13(4-6-14)19-17(12-23-26-19)20(27)24-15-7-9-16(10-8-15)25-21(28)18-2-1-11-29-18/h1-11,17,19,23,26H,12H2,(H,24,27)(H,25,28). The highest BCUT2D eigenvalue weighted by molar-refractivity contribution is 6.02. The van der Waals surface area contributed by atoms with E-state index in [4.69, 9.17) is 4.42 Å². The number of rotatable bonds is 5. The number of amides is 2. The Labute approximate surface area is 166 Å². The van der Waals surface area contributed by atoms with Gasteiger partial charge in [0, 0.05) is 17.9 Å². The van der Waals surface area contributed by atoms with E-state index in [9.17, 15) is 14.0 Å². The van der Waals surface area contributed by atoms with Gasteiger partial charge in [-0.3, -0.25) is 15.0 Å². The molecule has 8 heteroatoms. The summed E-state index contributed by atoms with van der Waals surface area (Å²) in [5, 5.41) is 5.60. The number of carbonyl (C=O) groups is 2. The summed E-state index contributed by atoms with van der Waals surface area (Å²) in [5.74, 6) is -0.976. The van der Waals surface area contributed by atoms with E-state index in [2.05, 4.69) is 21.5 Å². The number of carbonyl (C=O) groups excluding carboxylic acids is 2. The van der Waals surface area contributed by atoms with Crippen LogP contribution in [0, 0.1) is 11.7 Å². The van der Waals surface area contributed by atoms with Crippen LogP contribution in [0.4, 0.5) is 15.8 Å². The summed E-state index contributed by atoms with van der Waals surface area (Å²) < 4.78 is 18.2. The Morgan fingerprint density at radius 2 is 1.66 bits per heavy atom. The molecular formula is C21H19FN4O3. The Kier molecular flexibility index (Phi) is 5.37. The number of benzene rings is 2. The van der Waals surface area contributed by atoms with Gasteiger partial charge >= 0.3 is 0 Å². The minimum absolute atomic E-state index is 0.163. The van der Waals surface area contributed by atoms with Crippen molar-refractivity contribution in [1.29, 1.82) is 0 Å². The van der Waals surface area contributed by atoms with E-state index >= 15 is 0 Å². The zero-order valence-corrected chi connectivity index (χ0v) is 15.3. The lowest BCUT2D eigenvalue weighted by Gasteiger charge is -2.18. The van der Waals surface area contributed by atoms with Crippen LogP contribution in [0.2, 0.25) is 0 Å². The fraction of sp³-hybridized carbons (Fsp3) is 0.143. The smallest absolute Gasteiger partial charge is 0.291 e. The molecule has 0 bridgehead atoms. The molecule has 2 unspecified atom stereocenters. The third kappa shape index (κ3) is 4.34. The second-order valence-corrected chi connectivity index (χ2v) is 6.66.